The molecule has 0 radical (unpaired) electrons. The van der Waals surface area contributed by atoms with E-state index in [-0.39, 0.29) is 41.1 Å². The van der Waals surface area contributed by atoms with Crippen LogP contribution in [-0.2, 0) is 36.5 Å². The van der Waals surface area contributed by atoms with Gasteiger partial charge in [-0.2, -0.15) is 4.90 Å². The summed E-state index contributed by atoms with van der Waals surface area (Å²) in [5, 5.41) is -0.674. The van der Waals surface area contributed by atoms with Gasteiger partial charge in [0.15, 0.2) is 16.6 Å². The first kappa shape index (κ1) is 53.7. The average molecular weight is 850 g/mol. The number of hydrogen-bond donors (Lipinski definition) is 2. The van der Waals surface area contributed by atoms with Crippen molar-refractivity contribution in [3.63, 3.8) is 0 Å². The molecule has 2 N–H and O–H groups in total. The number of ether oxygens (including phenoxy) is 5. The molecule has 0 unspecified atom stereocenters. The summed E-state index contributed by atoms with van der Waals surface area (Å²) in [4.78, 5) is 50.8. The predicted octanol–water partition coefficient (Wildman–Crippen LogP) is 11.2. The predicted molar refractivity (Wildman–Crippen MR) is 244 cm³/mol. The van der Waals surface area contributed by atoms with E-state index in [1.807, 2.05) is 44.4 Å². The number of rotatable bonds is 20. The number of carbonyl (C=O) groups excluding carboxylic acids is 2. The van der Waals surface area contributed by atoms with Gasteiger partial charge in [-0.3, -0.25) is 0 Å². The molecule has 0 aliphatic rings. The molecule has 0 spiro atoms. The standard InChI is InChI=1S/C46H83NO9Si2/c1-22-38(52-15)37(30-46(13,14)58(20,21)51)32(3)25-33(4)40(54-17)39(53-16)24-31(2)23-34-26-35(29-45(11,12)57(18,19)50)28-36(27-34)47(41(48)55-43(5,6)7)42(49)56-44(8,9)10/h22,25-28,31,33,37-40,50-51H,1,23-24,29-30H2,2-21H3/b32-25+/t31-,33+,37+,38+,39+,40-/m1/s1. The van der Waals surface area contributed by atoms with E-state index in [9.17, 15) is 19.2 Å². The Kier molecular flexibility index (Phi) is 19.4. The summed E-state index contributed by atoms with van der Waals surface area (Å²) in [5.74, 6) is 0.0941. The van der Waals surface area contributed by atoms with Crippen LogP contribution in [0.4, 0.5) is 15.3 Å². The number of nitrogens with zero attached hydrogens (tertiary/aromatic N) is 1. The number of methoxy groups -OCH3 is 3. The molecule has 2 amide bonds. The van der Waals surface area contributed by atoms with Crippen LogP contribution in [0.1, 0.15) is 114 Å². The Balaban J connectivity index is 3.69. The van der Waals surface area contributed by atoms with Crippen molar-refractivity contribution in [1.29, 1.82) is 0 Å². The van der Waals surface area contributed by atoms with E-state index in [2.05, 4.69) is 67.2 Å². The van der Waals surface area contributed by atoms with Crippen molar-refractivity contribution in [2.24, 2.45) is 17.8 Å². The molecule has 1 aromatic carbocycles. The van der Waals surface area contributed by atoms with Crippen LogP contribution in [0, 0.1) is 17.8 Å². The first-order chi connectivity index (χ1) is 26.1. The van der Waals surface area contributed by atoms with Crippen LogP contribution in [0.15, 0.2) is 42.5 Å². The number of amides is 2. The van der Waals surface area contributed by atoms with Crippen LogP contribution in [0.3, 0.4) is 0 Å². The largest absolute Gasteiger partial charge is 0.443 e. The van der Waals surface area contributed by atoms with Gasteiger partial charge in [0, 0.05) is 33.2 Å². The Hall–Kier alpha value is -2.33. The van der Waals surface area contributed by atoms with E-state index in [0.717, 1.165) is 28.0 Å². The SMILES string of the molecule is C=C[C@H](OC)[C@@H](CC(C)(C)[Si](C)(C)O)/C(C)=C/[C@H](C)[C@@H](OC)[C@H](C[C@H](C)Cc1cc(CC(C)(C)[Si](C)(C)O)cc(N(C(=O)OC(C)(C)C)C(=O)OC(C)(C)C)c1)OC. The molecule has 0 saturated heterocycles. The van der Waals surface area contributed by atoms with E-state index in [0.29, 0.717) is 24.9 Å². The molecule has 58 heavy (non-hydrogen) atoms. The lowest BCUT2D eigenvalue weighted by molar-refractivity contribution is -0.0616. The number of anilines is 1. The highest BCUT2D eigenvalue weighted by Gasteiger charge is 2.42. The summed E-state index contributed by atoms with van der Waals surface area (Å²) >= 11 is 0. The summed E-state index contributed by atoms with van der Waals surface area (Å²) in [7, 11) is 0.0118. The molecule has 334 valence electrons. The highest BCUT2D eigenvalue weighted by Crippen LogP contribution is 2.45. The zero-order chi connectivity index (χ0) is 45.4. The van der Waals surface area contributed by atoms with Gasteiger partial charge in [-0.05, 0) is 140 Å². The Morgan fingerprint density at radius 2 is 1.26 bits per heavy atom. The van der Waals surface area contributed by atoms with Crippen molar-refractivity contribution < 1.29 is 42.9 Å². The molecule has 0 fully saturated rings. The molecule has 0 heterocycles. The molecule has 0 aliphatic carbocycles. The number of hydrogen-bond acceptors (Lipinski definition) is 9. The normalized spacial score (nSPS) is 16.8. The smallest absolute Gasteiger partial charge is 0.424 e. The monoisotopic (exact) mass is 850 g/mol. The summed E-state index contributed by atoms with van der Waals surface area (Å²) in [5.41, 5.74) is 1.60. The minimum Gasteiger partial charge on any atom is -0.443 e. The molecular weight excluding hydrogens is 767 g/mol. The fraction of sp³-hybridized carbons (Fsp3) is 0.739. The third-order valence-electron chi connectivity index (χ3n) is 11.8. The van der Waals surface area contributed by atoms with Gasteiger partial charge >= 0.3 is 12.2 Å². The maximum Gasteiger partial charge on any atom is 0.424 e. The minimum atomic E-state index is -2.63. The lowest BCUT2D eigenvalue weighted by Gasteiger charge is -2.40. The van der Waals surface area contributed by atoms with E-state index in [1.54, 1.807) is 62.9 Å². The fourth-order valence-electron chi connectivity index (χ4n) is 7.06. The Morgan fingerprint density at radius 3 is 1.66 bits per heavy atom. The highest BCUT2D eigenvalue weighted by molar-refractivity contribution is 6.73. The van der Waals surface area contributed by atoms with Crippen molar-refractivity contribution in [2.75, 3.05) is 26.2 Å². The number of imide groups is 1. The molecule has 0 aliphatic heterocycles. The van der Waals surface area contributed by atoms with E-state index in [1.165, 1.54) is 0 Å². The van der Waals surface area contributed by atoms with E-state index < -0.39 is 45.1 Å². The lowest BCUT2D eigenvalue weighted by Crippen LogP contribution is -2.44. The topological polar surface area (TPSA) is 124 Å². The lowest BCUT2D eigenvalue weighted by atomic mass is 9.82. The van der Waals surface area contributed by atoms with Crippen LogP contribution in [-0.4, -0.2) is 89.3 Å². The van der Waals surface area contributed by atoms with Crippen molar-refractivity contribution in [3.05, 3.63) is 53.6 Å². The van der Waals surface area contributed by atoms with Crippen LogP contribution in [0.2, 0.25) is 36.3 Å². The van der Waals surface area contributed by atoms with Gasteiger partial charge in [0.2, 0.25) is 0 Å². The molecule has 10 nitrogen and oxygen atoms in total. The van der Waals surface area contributed by atoms with Crippen LogP contribution < -0.4 is 4.90 Å². The fourth-order valence-corrected chi connectivity index (χ4v) is 8.42. The van der Waals surface area contributed by atoms with Gasteiger partial charge in [0.1, 0.15) is 11.2 Å². The zero-order valence-corrected chi connectivity index (χ0v) is 42.1. The average Bonchev–Trinajstić information content (AvgIpc) is 3.01. The first-order valence-electron chi connectivity index (χ1n) is 20.9. The summed E-state index contributed by atoms with van der Waals surface area (Å²) in [6.07, 6.45) is 4.28. The van der Waals surface area contributed by atoms with Crippen molar-refractivity contribution >= 4 is 34.5 Å². The minimum absolute atomic E-state index is 0.0164. The van der Waals surface area contributed by atoms with Gasteiger partial charge in [-0.25, -0.2) is 9.59 Å². The molecular formula is C46H83NO9Si2. The van der Waals surface area contributed by atoms with Gasteiger partial charge in [-0.15, -0.1) is 6.58 Å². The second kappa shape index (κ2) is 21.0. The number of benzene rings is 1. The number of carbonyl (C=O) groups is 2. The molecule has 0 aromatic heterocycles. The maximum atomic E-state index is 13.7. The third-order valence-corrected chi connectivity index (χ3v) is 18.8. The van der Waals surface area contributed by atoms with Crippen LogP contribution in [0.5, 0.6) is 0 Å². The van der Waals surface area contributed by atoms with Gasteiger partial charge in [0.05, 0.1) is 24.0 Å². The third kappa shape index (κ3) is 16.3. The molecule has 0 bridgehead atoms. The highest BCUT2D eigenvalue weighted by atomic mass is 28.4. The van der Waals surface area contributed by atoms with Crippen LogP contribution in [0.25, 0.3) is 0 Å². The van der Waals surface area contributed by atoms with Crippen LogP contribution >= 0.6 is 0 Å². The summed E-state index contributed by atoms with van der Waals surface area (Å²) in [6, 6.07) is 5.80. The van der Waals surface area contributed by atoms with Gasteiger partial charge < -0.3 is 33.3 Å². The first-order valence-corrected chi connectivity index (χ1v) is 26.8. The quantitative estimate of drug-likeness (QED) is 0.0974. The summed E-state index contributed by atoms with van der Waals surface area (Å²) in [6.45, 7) is 37.2. The van der Waals surface area contributed by atoms with E-state index in [4.69, 9.17) is 23.7 Å². The molecule has 12 heteroatoms. The van der Waals surface area contributed by atoms with Gasteiger partial charge in [-0.1, -0.05) is 65.3 Å². The Morgan fingerprint density at radius 1 is 0.776 bits per heavy atom. The Bertz CT molecular complexity index is 1500. The molecule has 6 atom stereocenters. The van der Waals surface area contributed by atoms with Crippen molar-refractivity contribution in [3.8, 4) is 0 Å². The molecule has 1 rings (SSSR count). The van der Waals surface area contributed by atoms with Crippen molar-refractivity contribution in [2.45, 2.75) is 181 Å². The Labute approximate surface area is 355 Å². The van der Waals surface area contributed by atoms with E-state index >= 15 is 0 Å². The summed E-state index contributed by atoms with van der Waals surface area (Å²) < 4.78 is 29.7. The second-order valence-corrected chi connectivity index (χ2v) is 29.8. The molecule has 1 aromatic rings. The second-order valence-electron chi connectivity index (χ2n) is 20.9. The van der Waals surface area contributed by atoms with Crippen molar-refractivity contribution in [1.82, 2.24) is 0 Å². The zero-order valence-electron chi connectivity index (χ0n) is 40.1. The van der Waals surface area contributed by atoms with Gasteiger partial charge in [0.25, 0.3) is 0 Å². The maximum absolute atomic E-state index is 13.7. The molecule has 0 saturated carbocycles.